The first-order valence-electron chi connectivity index (χ1n) is 5.42. The molecule has 0 radical (unpaired) electrons. The van der Waals surface area contributed by atoms with Crippen molar-refractivity contribution in [2.45, 2.75) is 11.9 Å². The number of benzene rings is 1. The fourth-order valence-corrected chi connectivity index (χ4v) is 2.17. The molecule has 0 amide bonds. The molecule has 4 nitrogen and oxygen atoms in total. The summed E-state index contributed by atoms with van der Waals surface area (Å²) >= 11 is 0.863. The van der Waals surface area contributed by atoms with Gasteiger partial charge >= 0.3 is 6.18 Å². The number of nitrogens with zero attached hydrogens (tertiary/aromatic N) is 3. The zero-order chi connectivity index (χ0) is 14.9. The van der Waals surface area contributed by atoms with Crippen LogP contribution in [0.4, 0.5) is 13.2 Å². The van der Waals surface area contributed by atoms with E-state index < -0.39 is 17.3 Å². The highest BCUT2D eigenvalue weighted by atomic mass is 32.2. The molecule has 0 N–H and O–H groups in total. The number of hydrogen-bond donors (Lipinski definition) is 0. The summed E-state index contributed by atoms with van der Waals surface area (Å²) < 4.78 is 39.2. The van der Waals surface area contributed by atoms with Gasteiger partial charge in [-0.3, -0.25) is 9.36 Å². The van der Waals surface area contributed by atoms with E-state index in [0.29, 0.717) is 0 Å². The second-order valence-corrected chi connectivity index (χ2v) is 4.76. The highest BCUT2D eigenvalue weighted by molar-refractivity contribution is 8.02. The molecule has 1 heterocycles. The van der Waals surface area contributed by atoms with Crippen molar-refractivity contribution in [3.63, 3.8) is 0 Å². The van der Waals surface area contributed by atoms with Gasteiger partial charge in [-0.25, -0.2) is 4.98 Å². The Balaban J connectivity index is 2.66. The van der Waals surface area contributed by atoms with Gasteiger partial charge in [-0.05, 0) is 30.0 Å². The van der Waals surface area contributed by atoms with Gasteiger partial charge in [0, 0.05) is 7.05 Å². The third-order valence-electron chi connectivity index (χ3n) is 2.76. The van der Waals surface area contributed by atoms with E-state index in [1.165, 1.54) is 11.6 Å². The summed E-state index contributed by atoms with van der Waals surface area (Å²) in [5.74, 6) is 0.391. The molecule has 1 aromatic carbocycles. The minimum Gasteiger partial charge on any atom is -0.299 e. The Hall–Kier alpha value is -2.01. The van der Waals surface area contributed by atoms with E-state index in [4.69, 9.17) is 5.26 Å². The molecule has 0 aliphatic heterocycles. The fraction of sp³-hybridized carbons (Fsp3) is 0.250. The van der Waals surface area contributed by atoms with Crippen LogP contribution in [-0.2, 0) is 19.0 Å². The largest absolute Gasteiger partial charge is 0.416 e. The molecule has 0 saturated carbocycles. The molecule has 20 heavy (non-hydrogen) atoms. The molecule has 1 aromatic heterocycles. The minimum atomic E-state index is -4.49. The van der Waals surface area contributed by atoms with E-state index in [9.17, 15) is 18.0 Å². The van der Waals surface area contributed by atoms with Crippen molar-refractivity contribution in [1.82, 2.24) is 9.55 Å². The summed E-state index contributed by atoms with van der Waals surface area (Å²) in [5, 5.41) is 10.4. The van der Waals surface area contributed by atoms with Gasteiger partial charge < -0.3 is 0 Å². The van der Waals surface area contributed by atoms with E-state index in [0.717, 1.165) is 30.0 Å². The number of rotatable bonds is 2. The minimum absolute atomic E-state index is 0.0172. The van der Waals surface area contributed by atoms with Crippen molar-refractivity contribution < 1.29 is 13.2 Å². The summed E-state index contributed by atoms with van der Waals surface area (Å²) in [6, 6.07) is 2.82. The van der Waals surface area contributed by atoms with Crippen molar-refractivity contribution in [1.29, 1.82) is 5.26 Å². The molecule has 0 aliphatic carbocycles. The van der Waals surface area contributed by atoms with Crippen molar-refractivity contribution in [3.8, 4) is 5.40 Å². The quantitative estimate of drug-likeness (QED) is 0.800. The Kier molecular flexibility index (Phi) is 3.72. The lowest BCUT2D eigenvalue weighted by Crippen LogP contribution is -2.22. The van der Waals surface area contributed by atoms with Crippen LogP contribution < -0.4 is 5.56 Å². The average Bonchev–Trinajstić information content (AvgIpc) is 2.39. The monoisotopic (exact) mass is 299 g/mol. The van der Waals surface area contributed by atoms with Crippen LogP contribution in [0, 0.1) is 10.7 Å². The lowest BCUT2D eigenvalue weighted by Gasteiger charge is -2.10. The normalized spacial score (nSPS) is 11.6. The van der Waals surface area contributed by atoms with Gasteiger partial charge in [-0.2, -0.15) is 18.4 Å². The maximum absolute atomic E-state index is 12.6. The Labute approximate surface area is 115 Å². The van der Waals surface area contributed by atoms with E-state index in [2.05, 4.69) is 4.98 Å². The maximum atomic E-state index is 12.6. The number of alkyl halides is 3. The molecule has 0 unspecified atom stereocenters. The van der Waals surface area contributed by atoms with Crippen LogP contribution in [0.15, 0.2) is 23.0 Å². The van der Waals surface area contributed by atoms with Crippen LogP contribution in [0.3, 0.4) is 0 Å². The topological polar surface area (TPSA) is 58.7 Å². The standard InChI is InChI=1S/C12H8F3N3OS/c1-18-10(5-20-6-16)17-9-4-7(12(13,14)15)2-3-8(9)11(18)19/h2-4H,5H2,1H3. The van der Waals surface area contributed by atoms with Crippen LogP contribution in [0.25, 0.3) is 10.9 Å². The zero-order valence-corrected chi connectivity index (χ0v) is 11.0. The first kappa shape index (κ1) is 14.4. The molecule has 0 aliphatic rings. The number of nitriles is 1. The molecule has 2 aromatic rings. The predicted molar refractivity (Wildman–Crippen MR) is 68.9 cm³/mol. The van der Waals surface area contributed by atoms with Crippen LogP contribution in [0.1, 0.15) is 11.4 Å². The number of thioether (sulfide) groups is 1. The van der Waals surface area contributed by atoms with Gasteiger partial charge in [0.15, 0.2) is 0 Å². The van der Waals surface area contributed by atoms with Gasteiger partial charge in [0.2, 0.25) is 0 Å². The van der Waals surface area contributed by atoms with Gasteiger partial charge in [-0.15, -0.1) is 0 Å². The smallest absolute Gasteiger partial charge is 0.299 e. The van der Waals surface area contributed by atoms with Gasteiger partial charge in [0.1, 0.15) is 11.2 Å². The third kappa shape index (κ3) is 2.63. The molecule has 0 atom stereocenters. The van der Waals surface area contributed by atoms with Crippen LogP contribution in [-0.4, -0.2) is 9.55 Å². The maximum Gasteiger partial charge on any atom is 0.416 e. The highest BCUT2D eigenvalue weighted by Crippen LogP contribution is 2.30. The van der Waals surface area contributed by atoms with Gasteiger partial charge in [0.25, 0.3) is 5.56 Å². The second kappa shape index (κ2) is 5.17. The zero-order valence-electron chi connectivity index (χ0n) is 10.2. The number of aromatic nitrogens is 2. The number of fused-ring (bicyclic) bond motifs is 1. The molecule has 104 valence electrons. The van der Waals surface area contributed by atoms with Crippen LogP contribution in [0.5, 0.6) is 0 Å². The lowest BCUT2D eigenvalue weighted by molar-refractivity contribution is -0.137. The molecule has 8 heteroatoms. The molecule has 0 bridgehead atoms. The summed E-state index contributed by atoms with van der Waals surface area (Å²) in [4.78, 5) is 16.1. The van der Waals surface area contributed by atoms with Crippen molar-refractivity contribution in [2.24, 2.45) is 7.05 Å². The number of hydrogen-bond acceptors (Lipinski definition) is 4. The summed E-state index contributed by atoms with van der Waals surface area (Å²) in [7, 11) is 1.47. The number of thiocyanates is 1. The first-order chi connectivity index (χ1) is 9.34. The summed E-state index contributed by atoms with van der Waals surface area (Å²) in [6.07, 6.45) is -4.49. The predicted octanol–water partition coefficient (Wildman–Crippen LogP) is 2.67. The van der Waals surface area contributed by atoms with E-state index in [1.54, 1.807) is 0 Å². The van der Waals surface area contributed by atoms with Crippen molar-refractivity contribution in [3.05, 3.63) is 39.9 Å². The van der Waals surface area contributed by atoms with Crippen molar-refractivity contribution >= 4 is 22.7 Å². The van der Waals surface area contributed by atoms with E-state index >= 15 is 0 Å². The molecule has 0 fully saturated rings. The molecule has 0 saturated heterocycles. The molecule has 2 rings (SSSR count). The fourth-order valence-electron chi connectivity index (χ4n) is 1.72. The summed E-state index contributed by atoms with van der Waals surface area (Å²) in [6.45, 7) is 0. The Morgan fingerprint density at radius 3 is 2.75 bits per heavy atom. The Bertz CT molecular complexity index is 761. The van der Waals surface area contributed by atoms with E-state index in [1.807, 2.05) is 5.40 Å². The highest BCUT2D eigenvalue weighted by Gasteiger charge is 2.30. The molecule has 0 spiro atoms. The van der Waals surface area contributed by atoms with Crippen LogP contribution >= 0.6 is 11.8 Å². The van der Waals surface area contributed by atoms with Crippen LogP contribution in [0.2, 0.25) is 0 Å². The second-order valence-electron chi connectivity index (χ2n) is 4.00. The summed E-state index contributed by atoms with van der Waals surface area (Å²) in [5.41, 5.74) is -1.31. The average molecular weight is 299 g/mol. The molecular weight excluding hydrogens is 291 g/mol. The third-order valence-corrected chi connectivity index (χ3v) is 3.29. The number of halogens is 3. The SMILES string of the molecule is Cn1c(CSC#N)nc2cc(C(F)(F)F)ccc2c1=O. The first-order valence-corrected chi connectivity index (χ1v) is 6.41. The van der Waals surface area contributed by atoms with Gasteiger partial charge in [-0.1, -0.05) is 0 Å². The Morgan fingerprint density at radius 2 is 2.15 bits per heavy atom. The van der Waals surface area contributed by atoms with E-state index in [-0.39, 0.29) is 22.5 Å². The Morgan fingerprint density at radius 1 is 1.45 bits per heavy atom. The van der Waals surface area contributed by atoms with Crippen molar-refractivity contribution in [2.75, 3.05) is 0 Å². The van der Waals surface area contributed by atoms with Gasteiger partial charge in [0.05, 0.1) is 22.2 Å². The molecular formula is C12H8F3N3OS. The lowest BCUT2D eigenvalue weighted by atomic mass is 10.1.